The van der Waals surface area contributed by atoms with Gasteiger partial charge in [0, 0.05) is 11.8 Å². The molecule has 8 heteroatoms. The van der Waals surface area contributed by atoms with E-state index in [0.29, 0.717) is 22.7 Å². The second kappa shape index (κ2) is 8.28. The second-order valence-corrected chi connectivity index (χ2v) is 5.27. The van der Waals surface area contributed by atoms with Crippen LogP contribution in [0.2, 0.25) is 0 Å². The standard InChI is InChI=1S/C18H17F3N2O3/c19-18(20,21)13-4-1-12(2-5-13)3-8-17(24)26-10-9-25-16-7-6-14(22)11-15(16)23/h1-8,11H,9-10,22-23H2. The Morgan fingerprint density at radius 1 is 1.04 bits per heavy atom. The second-order valence-electron chi connectivity index (χ2n) is 5.27. The Hall–Kier alpha value is -3.16. The molecule has 0 radical (unpaired) electrons. The average molecular weight is 366 g/mol. The summed E-state index contributed by atoms with van der Waals surface area (Å²) in [4.78, 5) is 11.6. The van der Waals surface area contributed by atoms with Crippen molar-refractivity contribution < 1.29 is 27.4 Å². The van der Waals surface area contributed by atoms with Gasteiger partial charge in [0.2, 0.25) is 0 Å². The lowest BCUT2D eigenvalue weighted by Gasteiger charge is -2.09. The van der Waals surface area contributed by atoms with Gasteiger partial charge in [-0.2, -0.15) is 13.2 Å². The van der Waals surface area contributed by atoms with Gasteiger partial charge < -0.3 is 20.9 Å². The number of ether oxygens (including phenoxy) is 2. The molecule has 0 aliphatic carbocycles. The van der Waals surface area contributed by atoms with Crippen molar-refractivity contribution >= 4 is 23.4 Å². The topological polar surface area (TPSA) is 87.6 Å². The molecule has 0 aliphatic rings. The largest absolute Gasteiger partial charge is 0.488 e. The zero-order chi connectivity index (χ0) is 19.2. The Labute approximate surface area is 148 Å². The van der Waals surface area contributed by atoms with Gasteiger partial charge in [0.25, 0.3) is 0 Å². The summed E-state index contributed by atoms with van der Waals surface area (Å²) in [5, 5.41) is 0. The van der Waals surface area contributed by atoms with E-state index in [1.54, 1.807) is 18.2 Å². The van der Waals surface area contributed by atoms with E-state index in [2.05, 4.69) is 0 Å². The molecule has 0 unspecified atom stereocenters. The fourth-order valence-corrected chi connectivity index (χ4v) is 1.99. The van der Waals surface area contributed by atoms with E-state index in [1.165, 1.54) is 18.2 Å². The van der Waals surface area contributed by atoms with E-state index in [4.69, 9.17) is 20.9 Å². The first-order valence-corrected chi connectivity index (χ1v) is 7.55. The summed E-state index contributed by atoms with van der Waals surface area (Å²) >= 11 is 0. The molecule has 0 amide bonds. The van der Waals surface area contributed by atoms with Crippen molar-refractivity contribution in [3.63, 3.8) is 0 Å². The Kier molecular flexibility index (Phi) is 6.11. The summed E-state index contributed by atoms with van der Waals surface area (Å²) in [5.41, 5.74) is 11.9. The molecule has 0 aromatic heterocycles. The van der Waals surface area contributed by atoms with Crippen LogP contribution in [-0.2, 0) is 15.7 Å². The van der Waals surface area contributed by atoms with Crippen LogP contribution in [0.25, 0.3) is 6.08 Å². The highest BCUT2D eigenvalue weighted by Crippen LogP contribution is 2.29. The van der Waals surface area contributed by atoms with Gasteiger partial charge >= 0.3 is 12.1 Å². The molecule has 0 bridgehead atoms. The quantitative estimate of drug-likeness (QED) is 0.354. The predicted octanol–water partition coefficient (Wildman–Crippen LogP) is 3.51. The van der Waals surface area contributed by atoms with Crippen molar-refractivity contribution in [1.82, 2.24) is 0 Å². The first-order chi connectivity index (χ1) is 12.3. The molecule has 2 aromatic carbocycles. The van der Waals surface area contributed by atoms with Crippen LogP contribution in [0.1, 0.15) is 11.1 Å². The third-order valence-electron chi connectivity index (χ3n) is 3.27. The fraction of sp³-hybridized carbons (Fsp3) is 0.167. The SMILES string of the molecule is Nc1ccc(OCCOC(=O)C=Cc2ccc(C(F)(F)F)cc2)c(N)c1. The summed E-state index contributed by atoms with van der Waals surface area (Å²) in [6.07, 6.45) is -1.91. The number of esters is 1. The van der Waals surface area contributed by atoms with Gasteiger partial charge in [-0.15, -0.1) is 0 Å². The number of nitrogens with two attached hydrogens (primary N) is 2. The lowest BCUT2D eigenvalue weighted by atomic mass is 10.1. The van der Waals surface area contributed by atoms with Crippen molar-refractivity contribution in [2.75, 3.05) is 24.7 Å². The van der Waals surface area contributed by atoms with Crippen LogP contribution >= 0.6 is 0 Å². The first-order valence-electron chi connectivity index (χ1n) is 7.55. The van der Waals surface area contributed by atoms with E-state index < -0.39 is 17.7 Å². The van der Waals surface area contributed by atoms with Crippen LogP contribution in [-0.4, -0.2) is 19.2 Å². The van der Waals surface area contributed by atoms with Crippen molar-refractivity contribution in [2.45, 2.75) is 6.18 Å². The van der Waals surface area contributed by atoms with E-state index >= 15 is 0 Å². The highest BCUT2D eigenvalue weighted by Gasteiger charge is 2.29. The molecule has 2 rings (SSSR count). The van der Waals surface area contributed by atoms with Crippen molar-refractivity contribution in [2.24, 2.45) is 0 Å². The number of alkyl halides is 3. The van der Waals surface area contributed by atoms with Crippen molar-refractivity contribution in [1.29, 1.82) is 0 Å². The minimum Gasteiger partial charge on any atom is -0.488 e. The van der Waals surface area contributed by atoms with Crippen molar-refractivity contribution in [3.8, 4) is 5.75 Å². The number of carbonyl (C=O) groups excluding carboxylic acids is 1. The van der Waals surface area contributed by atoms with Gasteiger partial charge in [0.15, 0.2) is 0 Å². The zero-order valence-corrected chi connectivity index (χ0v) is 13.6. The normalized spacial score (nSPS) is 11.5. The molecule has 0 aliphatic heterocycles. The van der Waals surface area contributed by atoms with Gasteiger partial charge in [0.05, 0.1) is 11.3 Å². The molecule has 0 saturated heterocycles. The number of hydrogen-bond donors (Lipinski definition) is 2. The molecule has 0 spiro atoms. The van der Waals surface area contributed by atoms with Gasteiger partial charge in [-0.1, -0.05) is 12.1 Å². The smallest absolute Gasteiger partial charge is 0.416 e. The molecule has 0 fully saturated rings. The molecule has 138 valence electrons. The van der Waals surface area contributed by atoms with E-state index in [9.17, 15) is 18.0 Å². The van der Waals surface area contributed by atoms with Gasteiger partial charge in [0.1, 0.15) is 19.0 Å². The molecule has 26 heavy (non-hydrogen) atoms. The minimum atomic E-state index is -4.39. The fourth-order valence-electron chi connectivity index (χ4n) is 1.99. The Balaban J connectivity index is 1.77. The lowest BCUT2D eigenvalue weighted by Crippen LogP contribution is -2.11. The van der Waals surface area contributed by atoms with Crippen LogP contribution in [0, 0.1) is 0 Å². The lowest BCUT2D eigenvalue weighted by molar-refractivity contribution is -0.138. The predicted molar refractivity (Wildman–Crippen MR) is 92.2 cm³/mol. The van der Waals surface area contributed by atoms with Crippen LogP contribution in [0.3, 0.4) is 0 Å². The van der Waals surface area contributed by atoms with Gasteiger partial charge in [-0.3, -0.25) is 0 Å². The molecule has 0 heterocycles. The first kappa shape index (κ1) is 19.2. The Morgan fingerprint density at radius 2 is 1.73 bits per heavy atom. The Bertz CT molecular complexity index is 787. The number of rotatable bonds is 6. The maximum atomic E-state index is 12.5. The third-order valence-corrected chi connectivity index (χ3v) is 3.27. The summed E-state index contributed by atoms with van der Waals surface area (Å²) in [5.74, 6) is -0.214. The molecule has 4 N–H and O–H groups in total. The van der Waals surface area contributed by atoms with E-state index in [-0.39, 0.29) is 13.2 Å². The van der Waals surface area contributed by atoms with Gasteiger partial charge in [-0.25, -0.2) is 4.79 Å². The number of nitrogen functional groups attached to an aromatic ring is 2. The van der Waals surface area contributed by atoms with Crippen molar-refractivity contribution in [3.05, 3.63) is 59.7 Å². The number of benzene rings is 2. The summed E-state index contributed by atoms with van der Waals surface area (Å²) < 4.78 is 47.7. The molecule has 5 nitrogen and oxygen atoms in total. The summed E-state index contributed by atoms with van der Waals surface area (Å²) in [6.45, 7) is 0.0774. The number of carbonyl (C=O) groups is 1. The van der Waals surface area contributed by atoms with E-state index in [0.717, 1.165) is 18.2 Å². The Morgan fingerprint density at radius 3 is 2.35 bits per heavy atom. The number of halogens is 3. The van der Waals surface area contributed by atoms with Gasteiger partial charge in [-0.05, 0) is 42.0 Å². The maximum Gasteiger partial charge on any atom is 0.416 e. The molecule has 0 saturated carbocycles. The van der Waals surface area contributed by atoms with Crippen LogP contribution < -0.4 is 16.2 Å². The zero-order valence-electron chi connectivity index (χ0n) is 13.6. The number of hydrogen-bond acceptors (Lipinski definition) is 5. The van der Waals surface area contributed by atoms with Crippen LogP contribution in [0.15, 0.2) is 48.5 Å². The third kappa shape index (κ3) is 5.73. The monoisotopic (exact) mass is 366 g/mol. The molecular formula is C18H17F3N2O3. The minimum absolute atomic E-state index is 0.0139. The highest BCUT2D eigenvalue weighted by molar-refractivity contribution is 5.87. The average Bonchev–Trinajstić information content (AvgIpc) is 2.58. The summed E-state index contributed by atoms with van der Waals surface area (Å²) in [7, 11) is 0. The van der Waals surface area contributed by atoms with E-state index in [1.807, 2.05) is 0 Å². The van der Waals surface area contributed by atoms with Crippen LogP contribution in [0.4, 0.5) is 24.5 Å². The number of anilines is 2. The highest BCUT2D eigenvalue weighted by atomic mass is 19.4. The summed E-state index contributed by atoms with van der Waals surface area (Å²) in [6, 6.07) is 9.20. The molecular weight excluding hydrogens is 349 g/mol. The van der Waals surface area contributed by atoms with Crippen LogP contribution in [0.5, 0.6) is 5.75 Å². The molecule has 0 atom stereocenters. The molecule has 2 aromatic rings. The maximum absolute atomic E-state index is 12.5.